The van der Waals surface area contributed by atoms with Crippen molar-refractivity contribution in [2.24, 2.45) is 0 Å². The van der Waals surface area contributed by atoms with Gasteiger partial charge in [0.1, 0.15) is 16.9 Å². The summed E-state index contributed by atoms with van der Waals surface area (Å²) in [6.07, 6.45) is -4.03. The molecule has 1 aromatic carbocycles. The molecule has 1 atom stereocenters. The van der Waals surface area contributed by atoms with Crippen LogP contribution in [-0.2, 0) is 12.0 Å². The minimum atomic E-state index is -4.25. The number of aromatic amines is 1. The Kier molecular flexibility index (Phi) is 4.11. The molecular formula is C19H19F3N4O2. The quantitative estimate of drug-likeness (QED) is 0.715. The summed E-state index contributed by atoms with van der Waals surface area (Å²) in [6, 6.07) is 5.94. The van der Waals surface area contributed by atoms with Crippen LogP contribution in [0.15, 0.2) is 29.1 Å². The first-order valence-corrected chi connectivity index (χ1v) is 8.94. The number of fused-ring (bicyclic) bond motifs is 1. The van der Waals surface area contributed by atoms with E-state index in [1.807, 2.05) is 6.92 Å². The summed E-state index contributed by atoms with van der Waals surface area (Å²) in [6.45, 7) is 3.04. The second-order valence-corrected chi connectivity index (χ2v) is 7.28. The Hall–Kier alpha value is -2.68. The number of aromatic nitrogens is 4. The zero-order valence-corrected chi connectivity index (χ0v) is 15.3. The van der Waals surface area contributed by atoms with E-state index in [1.54, 1.807) is 19.1 Å². The summed E-state index contributed by atoms with van der Waals surface area (Å²) in [4.78, 5) is 19.2. The second-order valence-electron chi connectivity index (χ2n) is 7.28. The van der Waals surface area contributed by atoms with E-state index in [-0.39, 0.29) is 41.1 Å². The zero-order valence-electron chi connectivity index (χ0n) is 15.3. The first-order valence-electron chi connectivity index (χ1n) is 8.94. The second kappa shape index (κ2) is 6.16. The van der Waals surface area contributed by atoms with Gasteiger partial charge in [0.25, 0.3) is 5.56 Å². The van der Waals surface area contributed by atoms with Crippen molar-refractivity contribution in [1.29, 1.82) is 0 Å². The molecule has 1 aliphatic carbocycles. The smallest absolute Gasteiger partial charge is 0.390 e. The van der Waals surface area contributed by atoms with Crippen molar-refractivity contribution in [2.75, 3.05) is 0 Å². The van der Waals surface area contributed by atoms with Crippen LogP contribution >= 0.6 is 0 Å². The third-order valence-corrected chi connectivity index (χ3v) is 5.51. The average Bonchev–Trinajstić information content (AvgIpc) is 3.38. The van der Waals surface area contributed by atoms with Gasteiger partial charge < -0.3 is 10.1 Å². The number of rotatable bonds is 4. The van der Waals surface area contributed by atoms with Gasteiger partial charge in [-0.05, 0) is 37.8 Å². The summed E-state index contributed by atoms with van der Waals surface area (Å²) < 4.78 is 41.5. The molecule has 2 heterocycles. The van der Waals surface area contributed by atoms with Crippen LogP contribution in [0.25, 0.3) is 11.0 Å². The highest BCUT2D eigenvalue weighted by Crippen LogP contribution is 2.58. The SMILES string of the molecule is Cc1nc2c(c(CO)nn2[C@@H](C)c2ccc(C3(C(F)(F)F)CC3)cc2)c(=O)[nH]1. The van der Waals surface area contributed by atoms with Gasteiger partial charge in [0.05, 0.1) is 18.1 Å². The van der Waals surface area contributed by atoms with E-state index in [1.165, 1.54) is 16.8 Å². The van der Waals surface area contributed by atoms with Gasteiger partial charge in [-0.25, -0.2) is 9.67 Å². The lowest BCUT2D eigenvalue weighted by Gasteiger charge is -2.21. The Morgan fingerprint density at radius 2 is 1.93 bits per heavy atom. The molecule has 28 heavy (non-hydrogen) atoms. The summed E-state index contributed by atoms with van der Waals surface area (Å²) in [7, 11) is 0. The number of nitrogens with zero attached hydrogens (tertiary/aromatic N) is 3. The number of benzene rings is 1. The van der Waals surface area contributed by atoms with Gasteiger partial charge in [-0.15, -0.1) is 0 Å². The molecule has 1 saturated carbocycles. The van der Waals surface area contributed by atoms with E-state index in [4.69, 9.17) is 0 Å². The number of hydrogen-bond acceptors (Lipinski definition) is 4. The fourth-order valence-electron chi connectivity index (χ4n) is 3.69. The maximum absolute atomic E-state index is 13.3. The number of aliphatic hydroxyl groups excluding tert-OH is 1. The Morgan fingerprint density at radius 3 is 2.46 bits per heavy atom. The molecule has 9 heteroatoms. The maximum Gasteiger partial charge on any atom is 0.398 e. The van der Waals surface area contributed by atoms with Gasteiger partial charge in [-0.1, -0.05) is 24.3 Å². The number of H-pyrrole nitrogens is 1. The molecule has 2 N–H and O–H groups in total. The van der Waals surface area contributed by atoms with Crippen molar-refractivity contribution in [3.63, 3.8) is 0 Å². The predicted molar refractivity (Wildman–Crippen MR) is 96.0 cm³/mol. The van der Waals surface area contributed by atoms with Gasteiger partial charge in [-0.3, -0.25) is 4.79 Å². The predicted octanol–water partition coefficient (Wildman–Crippen LogP) is 3.12. The van der Waals surface area contributed by atoms with Crippen molar-refractivity contribution >= 4 is 11.0 Å². The third kappa shape index (κ3) is 2.72. The third-order valence-electron chi connectivity index (χ3n) is 5.51. The molecule has 0 unspecified atom stereocenters. The van der Waals surface area contributed by atoms with Crippen molar-refractivity contribution in [2.45, 2.75) is 50.9 Å². The van der Waals surface area contributed by atoms with Gasteiger partial charge in [-0.2, -0.15) is 18.3 Å². The summed E-state index contributed by atoms with van der Waals surface area (Å²) in [5.74, 6) is 0.409. The van der Waals surface area contributed by atoms with Gasteiger partial charge >= 0.3 is 6.18 Å². The normalized spacial score (nSPS) is 17.1. The molecule has 148 valence electrons. The first-order chi connectivity index (χ1) is 13.2. The number of alkyl halides is 3. The highest BCUT2D eigenvalue weighted by atomic mass is 19.4. The van der Waals surface area contributed by atoms with E-state index in [0.717, 1.165) is 5.56 Å². The average molecular weight is 392 g/mol. The molecule has 0 amide bonds. The Bertz CT molecular complexity index is 1100. The molecule has 1 fully saturated rings. The molecule has 2 aromatic heterocycles. The number of nitrogens with one attached hydrogen (secondary N) is 1. The van der Waals surface area contributed by atoms with Crippen LogP contribution in [0, 0.1) is 6.92 Å². The van der Waals surface area contributed by atoms with Gasteiger partial charge in [0, 0.05) is 0 Å². The standard InChI is InChI=1S/C19H19F3N4O2/c1-10(12-3-5-13(6-4-12)18(7-8-18)19(20,21)22)26-16-15(14(9-27)25-26)17(28)24-11(2)23-16/h3-6,10,27H,7-9H2,1-2H3,(H,23,24,28)/t10-/m0/s1. The highest BCUT2D eigenvalue weighted by Gasteiger charge is 2.64. The Labute approximate surface area is 158 Å². The topological polar surface area (TPSA) is 83.8 Å². The van der Waals surface area contributed by atoms with Crippen LogP contribution in [0.1, 0.15) is 48.5 Å². The lowest BCUT2D eigenvalue weighted by Crippen LogP contribution is -2.28. The molecule has 1 aliphatic rings. The molecule has 4 rings (SSSR count). The summed E-state index contributed by atoms with van der Waals surface area (Å²) >= 11 is 0. The van der Waals surface area contributed by atoms with E-state index >= 15 is 0 Å². The number of aliphatic hydroxyl groups is 1. The van der Waals surface area contributed by atoms with Gasteiger partial charge in [0.2, 0.25) is 0 Å². The highest BCUT2D eigenvalue weighted by molar-refractivity contribution is 5.77. The molecule has 0 bridgehead atoms. The summed E-state index contributed by atoms with van der Waals surface area (Å²) in [5, 5.41) is 14.1. The molecular weight excluding hydrogens is 373 g/mol. The monoisotopic (exact) mass is 392 g/mol. The van der Waals surface area contributed by atoms with Crippen LogP contribution in [0.2, 0.25) is 0 Å². The van der Waals surface area contributed by atoms with Crippen molar-refractivity contribution in [1.82, 2.24) is 19.7 Å². The minimum Gasteiger partial charge on any atom is -0.390 e. The van der Waals surface area contributed by atoms with Crippen LogP contribution in [-0.4, -0.2) is 31.0 Å². The lowest BCUT2D eigenvalue weighted by molar-refractivity contribution is -0.160. The van der Waals surface area contributed by atoms with Crippen LogP contribution in [0.3, 0.4) is 0 Å². The van der Waals surface area contributed by atoms with Crippen LogP contribution in [0.5, 0.6) is 0 Å². The maximum atomic E-state index is 13.3. The van der Waals surface area contributed by atoms with Crippen molar-refractivity contribution < 1.29 is 18.3 Å². The molecule has 0 spiro atoms. The Morgan fingerprint density at radius 1 is 1.29 bits per heavy atom. The van der Waals surface area contributed by atoms with Crippen LogP contribution in [0.4, 0.5) is 13.2 Å². The lowest BCUT2D eigenvalue weighted by atomic mass is 9.93. The fraction of sp³-hybridized carbons (Fsp3) is 0.421. The molecule has 0 aliphatic heterocycles. The van der Waals surface area contributed by atoms with Crippen LogP contribution < -0.4 is 5.56 Å². The van der Waals surface area contributed by atoms with Crippen molar-refractivity contribution in [3.8, 4) is 0 Å². The molecule has 0 saturated heterocycles. The minimum absolute atomic E-state index is 0.112. The number of aryl methyl sites for hydroxylation is 1. The van der Waals surface area contributed by atoms with Crippen molar-refractivity contribution in [3.05, 3.63) is 57.3 Å². The summed E-state index contributed by atoms with van der Waals surface area (Å²) in [5.41, 5.74) is -0.570. The molecule has 6 nitrogen and oxygen atoms in total. The van der Waals surface area contributed by atoms with Gasteiger partial charge in [0.15, 0.2) is 5.65 Å². The largest absolute Gasteiger partial charge is 0.398 e. The Balaban J connectivity index is 1.75. The van der Waals surface area contributed by atoms with E-state index < -0.39 is 18.2 Å². The zero-order chi connectivity index (χ0) is 20.3. The van der Waals surface area contributed by atoms with E-state index in [9.17, 15) is 23.1 Å². The number of hydrogen-bond donors (Lipinski definition) is 2. The first kappa shape index (κ1) is 18.7. The molecule has 3 aromatic rings. The molecule has 0 radical (unpaired) electrons. The fourth-order valence-corrected chi connectivity index (χ4v) is 3.69. The van der Waals surface area contributed by atoms with E-state index in [0.29, 0.717) is 11.5 Å². The van der Waals surface area contributed by atoms with E-state index in [2.05, 4.69) is 15.1 Å². The number of halogens is 3.